The Morgan fingerprint density at radius 1 is 0.950 bits per heavy atom. The zero-order valence-corrected chi connectivity index (χ0v) is 23.3. The van der Waals surface area contributed by atoms with Crippen LogP contribution in [0.2, 0.25) is 0 Å². The third-order valence-corrected chi connectivity index (χ3v) is 7.53. The first-order valence-corrected chi connectivity index (χ1v) is 14.4. The molecule has 1 N–H and O–H groups in total. The summed E-state index contributed by atoms with van der Waals surface area (Å²) in [6, 6.07) is 20.4. The van der Waals surface area contributed by atoms with E-state index in [-0.39, 0.29) is 23.4 Å². The second-order valence-electron chi connectivity index (χ2n) is 10.7. The molecular formula is C34H39NO5. The lowest BCUT2D eigenvalue weighted by molar-refractivity contribution is -0.105. The van der Waals surface area contributed by atoms with Crippen molar-refractivity contribution in [3.05, 3.63) is 89.0 Å². The van der Waals surface area contributed by atoms with Gasteiger partial charge in [-0.1, -0.05) is 36.8 Å². The van der Waals surface area contributed by atoms with Gasteiger partial charge in [-0.25, -0.2) is 0 Å². The van der Waals surface area contributed by atoms with Gasteiger partial charge in [0, 0.05) is 18.5 Å². The summed E-state index contributed by atoms with van der Waals surface area (Å²) in [6.45, 7) is 6.50. The standard InChI is InChI=1S/C34H39NO5/c1-25-8-17-30(32(36)23-25)34(37)31(27-11-15-29(16-12-27)40-33-7-3-6-21-39-33)24-26-9-13-28(14-10-26)38-22-20-35-18-4-2-5-19-35/h8-17,23-24,33,36H,2-7,18-22H2,1H3. The number of piperidine rings is 1. The molecule has 210 valence electrons. The molecule has 0 saturated carbocycles. The first-order chi connectivity index (χ1) is 19.5. The topological polar surface area (TPSA) is 68.2 Å². The van der Waals surface area contributed by atoms with E-state index in [4.69, 9.17) is 14.2 Å². The number of phenols is 1. The number of aryl methyl sites for hydroxylation is 1. The van der Waals surface area contributed by atoms with E-state index < -0.39 is 0 Å². The highest BCUT2D eigenvalue weighted by Crippen LogP contribution is 2.30. The number of likely N-dealkylation sites (tertiary alicyclic amines) is 1. The molecule has 40 heavy (non-hydrogen) atoms. The minimum atomic E-state index is -0.247. The van der Waals surface area contributed by atoms with Crippen molar-refractivity contribution in [2.45, 2.75) is 51.7 Å². The van der Waals surface area contributed by atoms with Crippen LogP contribution in [-0.4, -0.2) is 54.9 Å². The Labute approximate surface area is 237 Å². The van der Waals surface area contributed by atoms with Crippen LogP contribution in [-0.2, 0) is 4.74 Å². The molecular weight excluding hydrogens is 502 g/mol. The number of ether oxygens (including phenoxy) is 3. The monoisotopic (exact) mass is 541 g/mol. The van der Waals surface area contributed by atoms with E-state index in [0.29, 0.717) is 24.5 Å². The molecule has 2 fully saturated rings. The van der Waals surface area contributed by atoms with Crippen LogP contribution in [0.3, 0.4) is 0 Å². The number of phenolic OH excluding ortho intramolecular Hbond substituents is 1. The van der Waals surface area contributed by atoms with Crippen molar-refractivity contribution >= 4 is 17.4 Å². The number of Topliss-reactive ketones (excluding diaryl/α,β-unsaturated/α-hetero) is 1. The summed E-state index contributed by atoms with van der Waals surface area (Å²) in [5.41, 5.74) is 3.25. The molecule has 6 heteroatoms. The molecule has 2 heterocycles. The highest BCUT2D eigenvalue weighted by molar-refractivity contribution is 6.33. The number of hydrogen-bond acceptors (Lipinski definition) is 6. The van der Waals surface area contributed by atoms with Crippen LogP contribution < -0.4 is 9.47 Å². The predicted octanol–water partition coefficient (Wildman–Crippen LogP) is 6.89. The van der Waals surface area contributed by atoms with Crippen LogP contribution >= 0.6 is 0 Å². The van der Waals surface area contributed by atoms with Crippen molar-refractivity contribution < 1.29 is 24.1 Å². The van der Waals surface area contributed by atoms with E-state index in [1.807, 2.05) is 67.6 Å². The molecule has 6 nitrogen and oxygen atoms in total. The van der Waals surface area contributed by atoms with E-state index >= 15 is 0 Å². The minimum Gasteiger partial charge on any atom is -0.507 e. The first-order valence-electron chi connectivity index (χ1n) is 14.4. The van der Waals surface area contributed by atoms with Gasteiger partial charge in [0.15, 0.2) is 12.1 Å². The highest BCUT2D eigenvalue weighted by atomic mass is 16.7. The quantitative estimate of drug-likeness (QED) is 0.171. The first kappa shape index (κ1) is 27.9. The Balaban J connectivity index is 1.34. The van der Waals surface area contributed by atoms with Gasteiger partial charge < -0.3 is 19.3 Å². The molecule has 2 aliphatic heterocycles. The predicted molar refractivity (Wildman–Crippen MR) is 158 cm³/mol. The maximum atomic E-state index is 13.7. The molecule has 0 aromatic heterocycles. The van der Waals surface area contributed by atoms with Crippen LogP contribution in [0.5, 0.6) is 17.2 Å². The average Bonchev–Trinajstić information content (AvgIpc) is 2.98. The molecule has 0 amide bonds. The van der Waals surface area contributed by atoms with Gasteiger partial charge in [0.05, 0.1) is 12.2 Å². The second kappa shape index (κ2) is 13.6. The summed E-state index contributed by atoms with van der Waals surface area (Å²) in [6.07, 6.45) is 8.52. The molecule has 2 aliphatic rings. The van der Waals surface area contributed by atoms with E-state index in [2.05, 4.69) is 4.90 Å². The molecule has 0 radical (unpaired) electrons. The molecule has 3 aromatic carbocycles. The molecule has 1 unspecified atom stereocenters. The number of carbonyl (C=O) groups excluding carboxylic acids is 1. The summed E-state index contributed by atoms with van der Waals surface area (Å²) in [5.74, 6) is 1.24. The fraction of sp³-hybridized carbons (Fsp3) is 0.382. The van der Waals surface area contributed by atoms with Gasteiger partial charge in [-0.3, -0.25) is 9.69 Å². The summed E-state index contributed by atoms with van der Waals surface area (Å²) < 4.78 is 17.7. The van der Waals surface area contributed by atoms with E-state index in [1.165, 1.54) is 19.3 Å². The van der Waals surface area contributed by atoms with Crippen molar-refractivity contribution in [2.75, 3.05) is 32.8 Å². The van der Waals surface area contributed by atoms with Gasteiger partial charge in [-0.05, 0) is 105 Å². The van der Waals surface area contributed by atoms with Gasteiger partial charge in [0.1, 0.15) is 23.9 Å². The van der Waals surface area contributed by atoms with Gasteiger partial charge in [0.2, 0.25) is 0 Å². The number of rotatable bonds is 10. The number of carbonyl (C=O) groups is 1. The van der Waals surface area contributed by atoms with Gasteiger partial charge >= 0.3 is 0 Å². The lowest BCUT2D eigenvalue weighted by atomic mass is 9.93. The van der Waals surface area contributed by atoms with Crippen LogP contribution in [0.15, 0.2) is 66.7 Å². The Hall–Kier alpha value is -3.61. The van der Waals surface area contributed by atoms with Gasteiger partial charge in [-0.2, -0.15) is 0 Å². The third kappa shape index (κ3) is 7.52. The molecule has 0 spiro atoms. The van der Waals surface area contributed by atoms with E-state index in [1.54, 1.807) is 12.1 Å². The number of allylic oxidation sites excluding steroid dienone is 1. The fourth-order valence-electron chi connectivity index (χ4n) is 5.23. The van der Waals surface area contributed by atoms with E-state index in [0.717, 1.165) is 61.3 Å². The van der Waals surface area contributed by atoms with Crippen molar-refractivity contribution in [3.63, 3.8) is 0 Å². The lowest BCUT2D eigenvalue weighted by Crippen LogP contribution is -2.33. The Kier molecular flexibility index (Phi) is 9.53. The second-order valence-corrected chi connectivity index (χ2v) is 10.7. The highest BCUT2D eigenvalue weighted by Gasteiger charge is 2.20. The van der Waals surface area contributed by atoms with E-state index in [9.17, 15) is 9.90 Å². The number of hydrogen-bond donors (Lipinski definition) is 1. The van der Waals surface area contributed by atoms with Crippen molar-refractivity contribution in [1.29, 1.82) is 0 Å². The Bertz CT molecular complexity index is 1290. The molecule has 2 saturated heterocycles. The minimum absolute atomic E-state index is 0.0252. The summed E-state index contributed by atoms with van der Waals surface area (Å²) in [5, 5.41) is 10.6. The Morgan fingerprint density at radius 2 is 1.70 bits per heavy atom. The summed E-state index contributed by atoms with van der Waals surface area (Å²) in [4.78, 5) is 16.2. The molecule has 0 aliphatic carbocycles. The van der Waals surface area contributed by atoms with Crippen LogP contribution in [0, 0.1) is 6.92 Å². The van der Waals surface area contributed by atoms with Crippen LogP contribution in [0.25, 0.3) is 11.6 Å². The lowest BCUT2D eigenvalue weighted by Gasteiger charge is -2.26. The van der Waals surface area contributed by atoms with Crippen molar-refractivity contribution in [1.82, 2.24) is 4.90 Å². The maximum Gasteiger partial charge on any atom is 0.199 e. The molecule has 0 bridgehead atoms. The van der Waals surface area contributed by atoms with Crippen LogP contribution in [0.1, 0.15) is 65.6 Å². The third-order valence-electron chi connectivity index (χ3n) is 7.53. The van der Waals surface area contributed by atoms with Crippen molar-refractivity contribution in [3.8, 4) is 17.2 Å². The SMILES string of the molecule is Cc1ccc(C(=O)C(=Cc2ccc(OCCN3CCCCC3)cc2)c2ccc(OC3CCCCO3)cc2)c(O)c1. The molecule has 3 aromatic rings. The zero-order chi connectivity index (χ0) is 27.7. The normalized spacial score (nSPS) is 18.3. The fourth-order valence-corrected chi connectivity index (χ4v) is 5.23. The average molecular weight is 542 g/mol. The van der Waals surface area contributed by atoms with Crippen molar-refractivity contribution in [2.24, 2.45) is 0 Å². The largest absolute Gasteiger partial charge is 0.507 e. The molecule has 1 atom stereocenters. The van der Waals surface area contributed by atoms with Gasteiger partial charge in [-0.15, -0.1) is 0 Å². The summed E-state index contributed by atoms with van der Waals surface area (Å²) >= 11 is 0. The summed E-state index contributed by atoms with van der Waals surface area (Å²) in [7, 11) is 0. The zero-order valence-electron chi connectivity index (χ0n) is 23.3. The van der Waals surface area contributed by atoms with Crippen LogP contribution in [0.4, 0.5) is 0 Å². The smallest absolute Gasteiger partial charge is 0.199 e. The number of benzene rings is 3. The number of nitrogens with zero attached hydrogens (tertiary/aromatic N) is 1. The van der Waals surface area contributed by atoms with Gasteiger partial charge in [0.25, 0.3) is 0 Å². The number of ketones is 1. The maximum absolute atomic E-state index is 13.7. The molecule has 5 rings (SSSR count). The Morgan fingerprint density at radius 3 is 2.40 bits per heavy atom. The number of aromatic hydroxyl groups is 1.